The van der Waals surface area contributed by atoms with Crippen molar-refractivity contribution < 1.29 is 28.7 Å². The predicted molar refractivity (Wildman–Crippen MR) is 147 cm³/mol. The van der Waals surface area contributed by atoms with E-state index in [9.17, 15) is 19.2 Å². The molecule has 0 aliphatic rings. The molecule has 1 unspecified atom stereocenters. The van der Waals surface area contributed by atoms with Crippen molar-refractivity contribution in [3.05, 3.63) is 35.9 Å². The summed E-state index contributed by atoms with van der Waals surface area (Å²) in [7, 11) is 0. The Bertz CT molecular complexity index is 895. The summed E-state index contributed by atoms with van der Waals surface area (Å²) >= 11 is 0. The summed E-state index contributed by atoms with van der Waals surface area (Å²) in [6.45, 7) is 15.3. The zero-order valence-electron chi connectivity index (χ0n) is 24.3. The first-order valence-electron chi connectivity index (χ1n) is 13.4. The Hall–Kier alpha value is -3.10. The number of carbonyl (C=O) groups is 4. The van der Waals surface area contributed by atoms with Crippen LogP contribution in [-0.2, 0) is 30.5 Å². The van der Waals surface area contributed by atoms with Gasteiger partial charge in [-0.3, -0.25) is 14.4 Å². The van der Waals surface area contributed by atoms with Crippen LogP contribution < -0.4 is 16.0 Å². The molecule has 0 spiro atoms. The molecule has 0 saturated heterocycles. The Morgan fingerprint density at radius 3 is 2.08 bits per heavy atom. The normalized spacial score (nSPS) is 13.8. The molecule has 0 aliphatic heterocycles. The third-order valence-corrected chi connectivity index (χ3v) is 5.75. The summed E-state index contributed by atoms with van der Waals surface area (Å²) in [4.78, 5) is 50.1. The van der Waals surface area contributed by atoms with Crippen molar-refractivity contribution >= 4 is 23.9 Å². The molecule has 0 saturated carbocycles. The summed E-state index contributed by atoms with van der Waals surface area (Å²) in [6.07, 6.45) is 0.0614. The highest BCUT2D eigenvalue weighted by molar-refractivity contribution is 5.82. The fraction of sp³-hybridized carbons (Fsp3) is 0.655. The van der Waals surface area contributed by atoms with E-state index in [0.29, 0.717) is 6.42 Å². The van der Waals surface area contributed by atoms with E-state index in [-0.39, 0.29) is 55.7 Å². The zero-order valence-corrected chi connectivity index (χ0v) is 24.3. The molecule has 38 heavy (non-hydrogen) atoms. The average Bonchev–Trinajstić information content (AvgIpc) is 2.79. The van der Waals surface area contributed by atoms with Gasteiger partial charge in [-0.1, -0.05) is 58.0 Å². The van der Waals surface area contributed by atoms with Crippen LogP contribution in [-0.4, -0.2) is 48.6 Å². The minimum Gasteiger partial charge on any atom is -0.461 e. The fourth-order valence-electron chi connectivity index (χ4n) is 3.81. The molecule has 1 aromatic carbocycles. The van der Waals surface area contributed by atoms with E-state index in [1.807, 2.05) is 58.0 Å². The highest BCUT2D eigenvalue weighted by Crippen LogP contribution is 2.15. The molecule has 0 heterocycles. The summed E-state index contributed by atoms with van der Waals surface area (Å²) < 4.78 is 10.7. The summed E-state index contributed by atoms with van der Waals surface area (Å²) in [6, 6.07) is 9.01. The van der Waals surface area contributed by atoms with Gasteiger partial charge in [0.25, 0.3) is 0 Å². The molecule has 1 aromatic rings. The van der Waals surface area contributed by atoms with Crippen LogP contribution in [0.4, 0.5) is 4.79 Å². The third kappa shape index (κ3) is 14.0. The Kier molecular flexibility index (Phi) is 13.9. The number of ether oxygens (including phenoxy) is 2. The molecular formula is C29H47N3O6. The van der Waals surface area contributed by atoms with Gasteiger partial charge < -0.3 is 25.4 Å². The van der Waals surface area contributed by atoms with Crippen LogP contribution in [0.1, 0.15) is 73.8 Å². The maximum Gasteiger partial charge on any atom is 0.407 e. The number of alkyl carbamates (subject to hydrolysis) is 1. The van der Waals surface area contributed by atoms with E-state index in [1.54, 1.807) is 27.7 Å². The molecule has 0 aliphatic carbocycles. The van der Waals surface area contributed by atoms with E-state index in [0.717, 1.165) is 5.56 Å². The average molecular weight is 534 g/mol. The van der Waals surface area contributed by atoms with Crippen LogP contribution in [0.2, 0.25) is 0 Å². The van der Waals surface area contributed by atoms with Crippen molar-refractivity contribution in [1.29, 1.82) is 0 Å². The van der Waals surface area contributed by atoms with Crippen molar-refractivity contribution in [1.82, 2.24) is 16.0 Å². The largest absolute Gasteiger partial charge is 0.461 e. The van der Waals surface area contributed by atoms with Gasteiger partial charge in [-0.15, -0.1) is 0 Å². The number of benzene rings is 1. The Morgan fingerprint density at radius 1 is 0.895 bits per heavy atom. The van der Waals surface area contributed by atoms with Gasteiger partial charge in [0.15, 0.2) is 0 Å². The lowest BCUT2D eigenvalue weighted by Gasteiger charge is -2.25. The van der Waals surface area contributed by atoms with Gasteiger partial charge in [0.1, 0.15) is 12.2 Å². The van der Waals surface area contributed by atoms with Gasteiger partial charge >= 0.3 is 12.1 Å². The molecular weight excluding hydrogens is 486 g/mol. The minimum absolute atomic E-state index is 0.0374. The number of esters is 1. The second-order valence-corrected chi connectivity index (χ2v) is 11.6. The molecule has 9 nitrogen and oxygen atoms in total. The lowest BCUT2D eigenvalue weighted by Crippen LogP contribution is -2.46. The van der Waals surface area contributed by atoms with Gasteiger partial charge in [-0.2, -0.15) is 0 Å². The monoisotopic (exact) mass is 533 g/mol. The van der Waals surface area contributed by atoms with Crippen molar-refractivity contribution in [3.8, 4) is 0 Å². The van der Waals surface area contributed by atoms with Gasteiger partial charge in [-0.05, 0) is 51.5 Å². The highest BCUT2D eigenvalue weighted by Gasteiger charge is 2.27. The topological polar surface area (TPSA) is 123 Å². The van der Waals surface area contributed by atoms with Crippen LogP contribution in [0, 0.1) is 23.7 Å². The van der Waals surface area contributed by atoms with Crippen molar-refractivity contribution in [3.63, 3.8) is 0 Å². The lowest BCUT2D eigenvalue weighted by atomic mass is 9.94. The molecule has 0 bridgehead atoms. The number of nitrogens with one attached hydrogen (secondary N) is 3. The molecule has 3 amide bonds. The molecule has 0 fully saturated rings. The van der Waals surface area contributed by atoms with Gasteiger partial charge in [0.05, 0.1) is 11.8 Å². The first-order valence-corrected chi connectivity index (χ1v) is 13.4. The second kappa shape index (κ2) is 16.0. The standard InChI is InChI=1S/C29H47N3O6/c1-19(2)14-23(27(35)37-18-22-12-10-9-11-13-22)16-30-25(33)15-21(5)32-26(34)24(20(3)4)17-31-28(36)38-29(6,7)8/h9-13,19-21,23-24H,14-18H2,1-8H3,(H,30,33)(H,31,36)(H,32,34)/t21-,23-,24?/m0/s1. The van der Waals surface area contributed by atoms with E-state index in [1.165, 1.54) is 0 Å². The first-order chi connectivity index (χ1) is 17.7. The van der Waals surface area contributed by atoms with Crippen molar-refractivity contribution in [2.24, 2.45) is 23.7 Å². The molecule has 0 radical (unpaired) electrons. The van der Waals surface area contributed by atoms with Crippen molar-refractivity contribution in [2.75, 3.05) is 13.1 Å². The molecule has 214 valence electrons. The number of rotatable bonds is 14. The van der Waals surface area contributed by atoms with Gasteiger partial charge in [0.2, 0.25) is 11.8 Å². The molecule has 3 N–H and O–H groups in total. The molecule has 9 heteroatoms. The smallest absolute Gasteiger partial charge is 0.407 e. The summed E-state index contributed by atoms with van der Waals surface area (Å²) in [5, 5.41) is 8.33. The van der Waals surface area contributed by atoms with Gasteiger partial charge in [-0.25, -0.2) is 4.79 Å². The molecule has 3 atom stereocenters. The summed E-state index contributed by atoms with van der Waals surface area (Å²) in [5.74, 6) is -1.60. The van der Waals surface area contributed by atoms with Crippen LogP contribution in [0.5, 0.6) is 0 Å². The highest BCUT2D eigenvalue weighted by atomic mass is 16.6. The third-order valence-electron chi connectivity index (χ3n) is 5.75. The van der Waals surface area contributed by atoms with Crippen LogP contribution >= 0.6 is 0 Å². The van der Waals surface area contributed by atoms with Crippen LogP contribution in [0.3, 0.4) is 0 Å². The van der Waals surface area contributed by atoms with Crippen LogP contribution in [0.25, 0.3) is 0 Å². The quantitative estimate of drug-likeness (QED) is 0.308. The lowest BCUT2D eigenvalue weighted by molar-refractivity contribution is -0.150. The van der Waals surface area contributed by atoms with E-state index >= 15 is 0 Å². The van der Waals surface area contributed by atoms with Gasteiger partial charge in [0, 0.05) is 25.6 Å². The van der Waals surface area contributed by atoms with E-state index < -0.39 is 29.6 Å². The minimum atomic E-state index is -0.631. The number of carbonyl (C=O) groups excluding carboxylic acids is 4. The fourth-order valence-corrected chi connectivity index (χ4v) is 3.81. The Morgan fingerprint density at radius 2 is 1.53 bits per heavy atom. The van der Waals surface area contributed by atoms with Crippen LogP contribution in [0.15, 0.2) is 30.3 Å². The zero-order chi connectivity index (χ0) is 28.9. The Balaban J connectivity index is 2.56. The molecule has 1 rings (SSSR count). The first kappa shape index (κ1) is 32.9. The van der Waals surface area contributed by atoms with Crippen molar-refractivity contribution in [2.45, 2.75) is 86.5 Å². The summed E-state index contributed by atoms with van der Waals surface area (Å²) in [5.41, 5.74) is 0.271. The Labute approximate surface area is 227 Å². The maximum atomic E-state index is 12.8. The predicted octanol–water partition coefficient (Wildman–Crippen LogP) is 4.20. The molecule has 0 aromatic heterocycles. The SMILES string of the molecule is CC(C)C[C@@H](CNC(=O)C[C@H](C)NC(=O)C(CNC(=O)OC(C)(C)C)C(C)C)C(=O)OCc1ccccc1. The second-order valence-electron chi connectivity index (χ2n) is 11.6. The maximum absolute atomic E-state index is 12.8. The number of amides is 3. The van der Waals surface area contributed by atoms with E-state index in [2.05, 4.69) is 16.0 Å². The number of hydrogen-bond donors (Lipinski definition) is 3. The van der Waals surface area contributed by atoms with E-state index in [4.69, 9.17) is 9.47 Å². The number of hydrogen-bond acceptors (Lipinski definition) is 6.